The Morgan fingerprint density at radius 1 is 1.15 bits per heavy atom. The minimum absolute atomic E-state index is 0.160. The summed E-state index contributed by atoms with van der Waals surface area (Å²) in [6.45, 7) is 6.89. The van der Waals surface area contributed by atoms with Gasteiger partial charge in [-0.15, -0.1) is 0 Å². The minimum Gasteiger partial charge on any atom is -0.467 e. The van der Waals surface area contributed by atoms with Crippen molar-refractivity contribution in [1.82, 2.24) is 14.9 Å². The number of halogens is 1. The van der Waals surface area contributed by atoms with Crippen LogP contribution in [0.4, 0.5) is 11.5 Å². The highest BCUT2D eigenvalue weighted by Crippen LogP contribution is 2.37. The Labute approximate surface area is 233 Å². The van der Waals surface area contributed by atoms with Crippen molar-refractivity contribution in [3.63, 3.8) is 0 Å². The van der Waals surface area contributed by atoms with Crippen LogP contribution in [0.15, 0.2) is 48.6 Å². The van der Waals surface area contributed by atoms with E-state index in [2.05, 4.69) is 40.6 Å². The first kappa shape index (κ1) is 26.7. The molecule has 1 fully saturated rings. The number of aromatic nitrogens is 2. The number of methoxy groups -OCH3 is 2. The number of amides is 1. The predicted octanol–water partition coefficient (Wildman–Crippen LogP) is 3.99. The maximum Gasteiger partial charge on any atom is 0.318 e. The molecule has 2 aromatic carbocycles. The van der Waals surface area contributed by atoms with Crippen molar-refractivity contribution in [3.8, 4) is 12.1 Å². The molecular weight excluding hydrogens is 516 g/mol. The van der Waals surface area contributed by atoms with Gasteiger partial charge < -0.3 is 24.2 Å². The maximum atomic E-state index is 13.0. The molecule has 0 N–H and O–H groups in total. The van der Waals surface area contributed by atoms with E-state index in [-0.39, 0.29) is 25.0 Å². The number of hydrogen-bond acceptors (Lipinski definition) is 8. The van der Waals surface area contributed by atoms with E-state index in [9.17, 15) is 10.1 Å². The zero-order chi connectivity index (χ0) is 27.5. The Kier molecular flexibility index (Phi) is 7.87. The number of carbonyl (C=O) groups excluding carboxylic acids is 1. The van der Waals surface area contributed by atoms with Crippen molar-refractivity contribution in [2.45, 2.75) is 25.4 Å². The van der Waals surface area contributed by atoms with Crippen LogP contribution in [0.3, 0.4) is 0 Å². The van der Waals surface area contributed by atoms with Crippen molar-refractivity contribution >= 4 is 39.8 Å². The normalized spacial score (nSPS) is 17.1. The van der Waals surface area contributed by atoms with Gasteiger partial charge in [-0.1, -0.05) is 42.4 Å². The number of carbonyl (C=O) groups is 1. The van der Waals surface area contributed by atoms with E-state index in [4.69, 9.17) is 31.0 Å². The fourth-order valence-corrected chi connectivity index (χ4v) is 5.80. The smallest absolute Gasteiger partial charge is 0.318 e. The number of hydrogen-bond donors (Lipinski definition) is 0. The maximum absolute atomic E-state index is 13.0. The summed E-state index contributed by atoms with van der Waals surface area (Å²) in [4.78, 5) is 28.7. The number of rotatable bonds is 7. The van der Waals surface area contributed by atoms with Crippen molar-refractivity contribution in [1.29, 1.82) is 5.26 Å². The molecule has 5 rings (SSSR count). The van der Waals surface area contributed by atoms with Crippen LogP contribution in [0.2, 0.25) is 5.02 Å². The molecule has 1 amide bonds. The number of nitriles is 1. The summed E-state index contributed by atoms with van der Waals surface area (Å²) in [5.41, 5.74) is 3.41. The van der Waals surface area contributed by atoms with Gasteiger partial charge in [0.05, 0.1) is 49.5 Å². The van der Waals surface area contributed by atoms with Gasteiger partial charge in [-0.3, -0.25) is 4.79 Å². The molecule has 10 heteroatoms. The van der Waals surface area contributed by atoms with Crippen LogP contribution in [0, 0.1) is 11.3 Å². The molecule has 1 atom stereocenters. The molecule has 0 aliphatic carbocycles. The van der Waals surface area contributed by atoms with Gasteiger partial charge in [0.1, 0.15) is 5.82 Å². The van der Waals surface area contributed by atoms with E-state index in [1.165, 1.54) is 7.11 Å². The Hall–Kier alpha value is -3.87. The molecule has 1 unspecified atom stereocenters. The first-order valence-corrected chi connectivity index (χ1v) is 13.3. The van der Waals surface area contributed by atoms with E-state index in [0.29, 0.717) is 37.8 Å². The lowest BCUT2D eigenvalue weighted by Crippen LogP contribution is -2.56. The van der Waals surface area contributed by atoms with Crippen molar-refractivity contribution in [3.05, 3.63) is 64.8 Å². The summed E-state index contributed by atoms with van der Waals surface area (Å²) in [7, 11) is 3.10. The molecule has 0 radical (unpaired) electrons. The number of anilines is 2. The van der Waals surface area contributed by atoms with Gasteiger partial charge in [0.25, 0.3) is 5.91 Å². The number of nitrogens with zero attached hydrogens (tertiary/aromatic N) is 6. The molecule has 0 spiro atoms. The molecule has 0 saturated carbocycles. The summed E-state index contributed by atoms with van der Waals surface area (Å²) >= 11 is 6.62. The van der Waals surface area contributed by atoms with Crippen molar-refractivity contribution in [2.75, 3.05) is 56.8 Å². The summed E-state index contributed by atoms with van der Waals surface area (Å²) in [5, 5.41) is 12.4. The van der Waals surface area contributed by atoms with E-state index in [1.807, 2.05) is 18.2 Å². The van der Waals surface area contributed by atoms with Gasteiger partial charge in [-0.05, 0) is 23.9 Å². The highest BCUT2D eigenvalue weighted by atomic mass is 35.5. The Morgan fingerprint density at radius 2 is 1.95 bits per heavy atom. The van der Waals surface area contributed by atoms with Crippen LogP contribution in [0.5, 0.6) is 6.01 Å². The number of ether oxygens (including phenoxy) is 2. The van der Waals surface area contributed by atoms with Crippen LogP contribution in [-0.2, 0) is 22.5 Å². The molecule has 2 aliphatic rings. The Bertz CT molecular complexity index is 1450. The fraction of sp³-hybridized carbons (Fsp3) is 0.379. The molecule has 3 aromatic rings. The second kappa shape index (κ2) is 11.5. The quantitative estimate of drug-likeness (QED) is 0.411. The summed E-state index contributed by atoms with van der Waals surface area (Å²) in [5.74, 6) is 0.627. The van der Waals surface area contributed by atoms with E-state index in [1.54, 1.807) is 12.0 Å². The summed E-state index contributed by atoms with van der Waals surface area (Å²) in [6, 6.07) is 14.4. The SMILES string of the molecule is C=C(COC)C(=O)N1CCN(c2nc(OC)nc3c2CCN(c2cccc4cccc(Cl)c24)C3)CC1CC#N. The Morgan fingerprint density at radius 3 is 2.69 bits per heavy atom. The van der Waals surface area contributed by atoms with Gasteiger partial charge >= 0.3 is 6.01 Å². The molecular formula is C29H31ClN6O3. The standard InChI is InChI=1S/C29H31ClN6O3/c1-19(18-38-2)28(37)36-15-14-35(16-21(36)10-12-31)27-22-11-13-34(17-24(22)32-29(33-27)39-3)25-9-5-7-20-6-4-8-23(30)26(20)25/h4-9,21H,1,10-11,13-18H2,2-3H3. The van der Waals surface area contributed by atoms with Gasteiger partial charge in [0, 0.05) is 55.5 Å². The topological polar surface area (TPSA) is 94.8 Å². The van der Waals surface area contributed by atoms with Gasteiger partial charge in [0.15, 0.2) is 0 Å². The lowest BCUT2D eigenvalue weighted by atomic mass is 10.0. The van der Waals surface area contributed by atoms with Gasteiger partial charge in [0.2, 0.25) is 0 Å². The Balaban J connectivity index is 1.44. The average Bonchev–Trinajstić information content (AvgIpc) is 2.96. The molecule has 0 bridgehead atoms. The van der Waals surface area contributed by atoms with Crippen LogP contribution >= 0.6 is 11.6 Å². The minimum atomic E-state index is -0.292. The first-order chi connectivity index (χ1) is 18.9. The second-order valence-electron chi connectivity index (χ2n) is 9.74. The molecule has 39 heavy (non-hydrogen) atoms. The van der Waals surface area contributed by atoms with E-state index < -0.39 is 0 Å². The number of piperazine rings is 1. The number of benzene rings is 2. The lowest BCUT2D eigenvalue weighted by molar-refractivity contribution is -0.130. The number of fused-ring (bicyclic) bond motifs is 2. The molecule has 1 saturated heterocycles. The van der Waals surface area contributed by atoms with Crippen LogP contribution < -0.4 is 14.5 Å². The molecule has 1 aromatic heterocycles. The van der Waals surface area contributed by atoms with Crippen LogP contribution in [0.25, 0.3) is 10.8 Å². The summed E-state index contributed by atoms with van der Waals surface area (Å²) in [6.07, 6.45) is 0.949. The predicted molar refractivity (Wildman–Crippen MR) is 151 cm³/mol. The molecule has 202 valence electrons. The zero-order valence-electron chi connectivity index (χ0n) is 22.2. The summed E-state index contributed by atoms with van der Waals surface area (Å²) < 4.78 is 10.6. The largest absolute Gasteiger partial charge is 0.467 e. The molecule has 9 nitrogen and oxygen atoms in total. The second-order valence-corrected chi connectivity index (χ2v) is 10.2. The highest BCUT2D eigenvalue weighted by Gasteiger charge is 2.34. The zero-order valence-corrected chi connectivity index (χ0v) is 22.9. The monoisotopic (exact) mass is 546 g/mol. The highest BCUT2D eigenvalue weighted by molar-refractivity contribution is 6.36. The van der Waals surface area contributed by atoms with E-state index in [0.717, 1.165) is 51.5 Å². The fourth-order valence-electron chi connectivity index (χ4n) is 5.52. The van der Waals surface area contributed by atoms with Crippen molar-refractivity contribution < 1.29 is 14.3 Å². The molecule has 3 heterocycles. The third kappa shape index (κ3) is 5.22. The lowest BCUT2D eigenvalue weighted by Gasteiger charge is -2.42. The van der Waals surface area contributed by atoms with Crippen LogP contribution in [-0.4, -0.2) is 73.8 Å². The third-order valence-electron chi connectivity index (χ3n) is 7.37. The van der Waals surface area contributed by atoms with Crippen molar-refractivity contribution in [2.24, 2.45) is 0 Å². The van der Waals surface area contributed by atoms with Gasteiger partial charge in [-0.25, -0.2) is 0 Å². The average molecular weight is 547 g/mol. The van der Waals surface area contributed by atoms with Crippen LogP contribution in [0.1, 0.15) is 17.7 Å². The van der Waals surface area contributed by atoms with E-state index >= 15 is 0 Å². The third-order valence-corrected chi connectivity index (χ3v) is 7.68. The molecule has 2 aliphatic heterocycles. The first-order valence-electron chi connectivity index (χ1n) is 12.9. The van der Waals surface area contributed by atoms with Gasteiger partial charge in [-0.2, -0.15) is 15.2 Å².